The molecule has 3 rings (SSSR count). The van der Waals surface area contributed by atoms with Gasteiger partial charge in [-0.25, -0.2) is 0 Å². The third-order valence-corrected chi connectivity index (χ3v) is 4.21. The summed E-state index contributed by atoms with van der Waals surface area (Å²) in [7, 11) is 0. The van der Waals surface area contributed by atoms with Gasteiger partial charge in [0.1, 0.15) is 0 Å². The molecule has 1 aromatic carbocycles. The smallest absolute Gasteiger partial charge is 0.230 e. The van der Waals surface area contributed by atoms with Crippen LogP contribution in [0.25, 0.3) is 11.3 Å². The van der Waals surface area contributed by atoms with Gasteiger partial charge in [-0.05, 0) is 49.7 Å². The third kappa shape index (κ3) is 2.97. The lowest BCUT2D eigenvalue weighted by Gasteiger charge is -2.32. The number of hydrogen-bond donors (Lipinski definition) is 3. The Labute approximate surface area is 124 Å². The number of piperidine rings is 1. The average Bonchev–Trinajstić information content (AvgIpc) is 3.03. The molecule has 1 amide bonds. The minimum Gasteiger partial charge on any atom is -0.326 e. The first-order chi connectivity index (χ1) is 10.2. The van der Waals surface area contributed by atoms with Gasteiger partial charge in [0.25, 0.3) is 0 Å². The molecule has 3 N–H and O–H groups in total. The van der Waals surface area contributed by atoms with E-state index in [1.807, 2.05) is 37.3 Å². The van der Waals surface area contributed by atoms with Gasteiger partial charge in [-0.15, -0.1) is 0 Å². The van der Waals surface area contributed by atoms with Gasteiger partial charge in [0, 0.05) is 17.3 Å². The molecule has 2 aromatic rings. The van der Waals surface area contributed by atoms with Gasteiger partial charge >= 0.3 is 0 Å². The number of nitrogens with zero attached hydrogens (tertiary/aromatic N) is 1. The quantitative estimate of drug-likeness (QED) is 0.810. The molecule has 0 saturated carbocycles. The van der Waals surface area contributed by atoms with Gasteiger partial charge in [0.2, 0.25) is 5.91 Å². The van der Waals surface area contributed by atoms with E-state index in [0.29, 0.717) is 0 Å². The van der Waals surface area contributed by atoms with E-state index in [-0.39, 0.29) is 11.3 Å². The Hall–Kier alpha value is -2.14. The molecule has 110 valence electrons. The number of carbonyl (C=O) groups excluding carboxylic acids is 1. The Morgan fingerprint density at radius 3 is 2.52 bits per heavy atom. The molecule has 0 radical (unpaired) electrons. The van der Waals surface area contributed by atoms with Crippen molar-refractivity contribution in [2.24, 2.45) is 5.41 Å². The second-order valence-corrected chi connectivity index (χ2v) is 5.81. The Morgan fingerprint density at radius 2 is 1.90 bits per heavy atom. The lowest BCUT2D eigenvalue weighted by Crippen LogP contribution is -2.42. The fourth-order valence-corrected chi connectivity index (χ4v) is 2.64. The highest BCUT2D eigenvalue weighted by Gasteiger charge is 2.34. The number of H-pyrrole nitrogens is 1. The normalized spacial score (nSPS) is 17.4. The number of nitrogens with one attached hydrogen (secondary N) is 3. The van der Waals surface area contributed by atoms with Gasteiger partial charge in [0.05, 0.1) is 5.69 Å². The molecule has 5 heteroatoms. The first-order valence-electron chi connectivity index (χ1n) is 7.29. The van der Waals surface area contributed by atoms with Crippen LogP contribution in [0.3, 0.4) is 0 Å². The molecule has 1 aromatic heterocycles. The fraction of sp³-hybridized carbons (Fsp3) is 0.375. The predicted octanol–water partition coefficient (Wildman–Crippen LogP) is 2.40. The summed E-state index contributed by atoms with van der Waals surface area (Å²) in [5.74, 6) is 0.110. The third-order valence-electron chi connectivity index (χ3n) is 4.21. The molecule has 1 saturated heterocycles. The van der Waals surface area contributed by atoms with E-state index >= 15 is 0 Å². The predicted molar refractivity (Wildman–Crippen MR) is 82.9 cm³/mol. The molecular formula is C16H20N4O. The number of amides is 1. The van der Waals surface area contributed by atoms with Crippen LogP contribution in [0.15, 0.2) is 36.5 Å². The summed E-state index contributed by atoms with van der Waals surface area (Å²) in [6.45, 7) is 3.85. The van der Waals surface area contributed by atoms with Crippen molar-refractivity contribution >= 4 is 11.6 Å². The van der Waals surface area contributed by atoms with E-state index in [0.717, 1.165) is 42.9 Å². The van der Waals surface area contributed by atoms with Gasteiger partial charge in [-0.3, -0.25) is 9.89 Å². The fourth-order valence-electron chi connectivity index (χ4n) is 2.64. The summed E-state index contributed by atoms with van der Waals surface area (Å²) in [6, 6.07) is 9.74. The minimum absolute atomic E-state index is 0.110. The van der Waals surface area contributed by atoms with Crippen molar-refractivity contribution in [2.75, 3.05) is 18.4 Å². The maximum absolute atomic E-state index is 12.4. The molecule has 0 aliphatic carbocycles. The zero-order valence-corrected chi connectivity index (χ0v) is 12.1. The topological polar surface area (TPSA) is 69.8 Å². The number of benzene rings is 1. The first kappa shape index (κ1) is 13.8. The second-order valence-electron chi connectivity index (χ2n) is 5.81. The van der Waals surface area contributed by atoms with Gasteiger partial charge < -0.3 is 10.6 Å². The summed E-state index contributed by atoms with van der Waals surface area (Å²) in [4.78, 5) is 12.4. The van der Waals surface area contributed by atoms with E-state index in [9.17, 15) is 4.79 Å². The standard InChI is InChI=1S/C16H20N4O/c1-16(7-10-17-11-8-16)15(21)19-13-4-2-12(3-5-13)14-6-9-18-20-14/h2-6,9,17H,7-8,10-11H2,1H3,(H,18,20)(H,19,21). The van der Waals surface area contributed by atoms with Crippen LogP contribution in [0.1, 0.15) is 19.8 Å². The summed E-state index contributed by atoms with van der Waals surface area (Å²) in [6.07, 6.45) is 3.49. The zero-order valence-electron chi connectivity index (χ0n) is 12.1. The summed E-state index contributed by atoms with van der Waals surface area (Å²) >= 11 is 0. The highest BCUT2D eigenvalue weighted by Crippen LogP contribution is 2.29. The molecule has 0 bridgehead atoms. The number of aromatic amines is 1. The van der Waals surface area contributed by atoms with E-state index in [1.54, 1.807) is 6.20 Å². The van der Waals surface area contributed by atoms with E-state index in [4.69, 9.17) is 0 Å². The summed E-state index contributed by atoms with van der Waals surface area (Å²) in [5, 5.41) is 13.2. The molecule has 21 heavy (non-hydrogen) atoms. The second kappa shape index (κ2) is 5.69. The van der Waals surface area contributed by atoms with Crippen molar-refractivity contribution in [2.45, 2.75) is 19.8 Å². The molecule has 1 aliphatic heterocycles. The Balaban J connectivity index is 1.69. The van der Waals surface area contributed by atoms with Crippen molar-refractivity contribution in [3.8, 4) is 11.3 Å². The number of carbonyl (C=O) groups is 1. The maximum atomic E-state index is 12.4. The van der Waals surface area contributed by atoms with Crippen LogP contribution >= 0.6 is 0 Å². The number of anilines is 1. The minimum atomic E-state index is -0.271. The largest absolute Gasteiger partial charge is 0.326 e. The lowest BCUT2D eigenvalue weighted by molar-refractivity contribution is -0.126. The van der Waals surface area contributed by atoms with E-state index in [1.165, 1.54) is 0 Å². The molecule has 2 heterocycles. The van der Waals surface area contributed by atoms with Crippen molar-refractivity contribution in [1.29, 1.82) is 0 Å². The lowest BCUT2D eigenvalue weighted by atomic mass is 9.80. The zero-order chi connectivity index (χ0) is 14.7. The van der Waals surface area contributed by atoms with Crippen LogP contribution in [-0.2, 0) is 4.79 Å². The Kier molecular flexibility index (Phi) is 3.75. The van der Waals surface area contributed by atoms with E-state index in [2.05, 4.69) is 20.8 Å². The van der Waals surface area contributed by atoms with Crippen LogP contribution < -0.4 is 10.6 Å². The van der Waals surface area contributed by atoms with Crippen molar-refractivity contribution in [3.63, 3.8) is 0 Å². The highest BCUT2D eigenvalue weighted by atomic mass is 16.2. The number of rotatable bonds is 3. The van der Waals surface area contributed by atoms with Crippen LogP contribution in [0.2, 0.25) is 0 Å². The molecule has 1 fully saturated rings. The van der Waals surface area contributed by atoms with Crippen LogP contribution in [0, 0.1) is 5.41 Å². The van der Waals surface area contributed by atoms with Crippen LogP contribution in [0.4, 0.5) is 5.69 Å². The average molecular weight is 284 g/mol. The highest BCUT2D eigenvalue weighted by molar-refractivity contribution is 5.95. The van der Waals surface area contributed by atoms with Crippen molar-refractivity contribution < 1.29 is 4.79 Å². The van der Waals surface area contributed by atoms with Gasteiger partial charge in [-0.2, -0.15) is 5.10 Å². The van der Waals surface area contributed by atoms with Crippen LogP contribution in [0.5, 0.6) is 0 Å². The van der Waals surface area contributed by atoms with Gasteiger partial charge in [0.15, 0.2) is 0 Å². The summed E-state index contributed by atoms with van der Waals surface area (Å²) in [5.41, 5.74) is 2.59. The molecule has 0 spiro atoms. The molecule has 5 nitrogen and oxygen atoms in total. The number of aromatic nitrogens is 2. The van der Waals surface area contributed by atoms with Gasteiger partial charge in [-0.1, -0.05) is 19.1 Å². The Bertz CT molecular complexity index is 598. The first-order valence-corrected chi connectivity index (χ1v) is 7.29. The Morgan fingerprint density at radius 1 is 1.19 bits per heavy atom. The monoisotopic (exact) mass is 284 g/mol. The number of hydrogen-bond acceptors (Lipinski definition) is 3. The maximum Gasteiger partial charge on any atom is 0.230 e. The molecular weight excluding hydrogens is 264 g/mol. The van der Waals surface area contributed by atoms with Crippen LogP contribution in [-0.4, -0.2) is 29.2 Å². The van der Waals surface area contributed by atoms with Crippen molar-refractivity contribution in [1.82, 2.24) is 15.5 Å². The molecule has 0 unspecified atom stereocenters. The summed E-state index contributed by atoms with van der Waals surface area (Å²) < 4.78 is 0. The van der Waals surface area contributed by atoms with Crippen molar-refractivity contribution in [3.05, 3.63) is 36.5 Å². The van der Waals surface area contributed by atoms with E-state index < -0.39 is 0 Å². The molecule has 0 atom stereocenters. The SMILES string of the molecule is CC1(C(=O)Nc2ccc(-c3ccn[nH]3)cc2)CCNCC1. The molecule has 1 aliphatic rings.